The molecule has 112 valence electrons. The molecule has 0 bridgehead atoms. The van der Waals surface area contributed by atoms with E-state index in [4.69, 9.17) is 20.1 Å². The Labute approximate surface area is 113 Å². The van der Waals surface area contributed by atoms with Gasteiger partial charge >= 0.3 is 0 Å². The van der Waals surface area contributed by atoms with Crippen LogP contribution in [0, 0.1) is 22.0 Å². The smallest absolute Gasteiger partial charge is 0.291 e. The van der Waals surface area contributed by atoms with E-state index >= 15 is 0 Å². The van der Waals surface area contributed by atoms with E-state index in [1.54, 1.807) is 0 Å². The monoisotopic (exact) mass is 275 g/mol. The lowest BCUT2D eigenvalue weighted by Gasteiger charge is -2.35. The van der Waals surface area contributed by atoms with Gasteiger partial charge in [0.25, 0.3) is 5.09 Å². The van der Waals surface area contributed by atoms with Gasteiger partial charge in [-0.2, -0.15) is 0 Å². The summed E-state index contributed by atoms with van der Waals surface area (Å²) in [6, 6.07) is 0. The van der Waals surface area contributed by atoms with Crippen molar-refractivity contribution in [3.63, 3.8) is 0 Å². The minimum absolute atomic E-state index is 0.192. The SMILES string of the molecule is O=[N+]([O-])O.OC1COCCC1C1CCCCCCC1. The van der Waals surface area contributed by atoms with Gasteiger partial charge in [-0.3, -0.25) is 0 Å². The lowest BCUT2D eigenvalue weighted by molar-refractivity contribution is -0.742. The van der Waals surface area contributed by atoms with Crippen LogP contribution >= 0.6 is 0 Å². The summed E-state index contributed by atoms with van der Waals surface area (Å²) < 4.78 is 5.31. The molecule has 2 fully saturated rings. The number of hydrogen-bond donors (Lipinski definition) is 2. The first-order chi connectivity index (χ1) is 9.11. The molecule has 0 spiro atoms. The van der Waals surface area contributed by atoms with Crippen molar-refractivity contribution in [1.29, 1.82) is 0 Å². The second kappa shape index (κ2) is 9.09. The van der Waals surface area contributed by atoms with Crippen LogP contribution in [0.25, 0.3) is 0 Å². The van der Waals surface area contributed by atoms with Crippen molar-refractivity contribution < 1.29 is 20.1 Å². The van der Waals surface area contributed by atoms with Crippen molar-refractivity contribution >= 4 is 0 Å². The van der Waals surface area contributed by atoms with Gasteiger partial charge in [0.2, 0.25) is 0 Å². The summed E-state index contributed by atoms with van der Waals surface area (Å²) in [5.74, 6) is 1.29. The molecule has 0 aromatic heterocycles. The molecule has 19 heavy (non-hydrogen) atoms. The lowest BCUT2D eigenvalue weighted by atomic mass is 9.77. The zero-order chi connectivity index (χ0) is 14.1. The fourth-order valence-corrected chi connectivity index (χ4v) is 3.21. The Morgan fingerprint density at radius 1 is 1.05 bits per heavy atom. The first-order valence-electron chi connectivity index (χ1n) is 7.20. The highest BCUT2D eigenvalue weighted by molar-refractivity contribution is 4.80. The first-order valence-corrected chi connectivity index (χ1v) is 7.20. The van der Waals surface area contributed by atoms with E-state index in [-0.39, 0.29) is 6.10 Å². The Hall–Kier alpha value is -0.880. The van der Waals surface area contributed by atoms with Gasteiger partial charge < -0.3 is 15.1 Å². The molecule has 1 saturated heterocycles. The molecule has 2 N–H and O–H groups in total. The Bertz CT molecular complexity index is 249. The van der Waals surface area contributed by atoms with Crippen molar-refractivity contribution in [2.75, 3.05) is 13.2 Å². The molecular formula is C13H25NO5. The van der Waals surface area contributed by atoms with E-state index in [0.29, 0.717) is 12.5 Å². The number of aliphatic hydroxyl groups excluding tert-OH is 1. The molecule has 0 amide bonds. The summed E-state index contributed by atoms with van der Waals surface area (Å²) in [5.41, 5.74) is 0. The predicted octanol–water partition coefficient (Wildman–Crippen LogP) is 2.40. The van der Waals surface area contributed by atoms with Crippen LogP contribution in [0.4, 0.5) is 0 Å². The summed E-state index contributed by atoms with van der Waals surface area (Å²) in [6.07, 6.45) is 10.5. The molecule has 1 heterocycles. The number of nitrogens with zero attached hydrogens (tertiary/aromatic N) is 1. The van der Waals surface area contributed by atoms with Crippen LogP contribution in [0.2, 0.25) is 0 Å². The summed E-state index contributed by atoms with van der Waals surface area (Å²) in [4.78, 5) is 8.36. The first kappa shape index (κ1) is 16.2. The van der Waals surface area contributed by atoms with E-state index in [1.165, 1.54) is 44.9 Å². The number of hydrogen-bond acceptors (Lipinski definition) is 4. The largest absolute Gasteiger partial charge is 0.390 e. The zero-order valence-electron chi connectivity index (χ0n) is 11.4. The third kappa shape index (κ3) is 6.73. The second-order valence-electron chi connectivity index (χ2n) is 5.44. The maximum absolute atomic E-state index is 9.96. The lowest BCUT2D eigenvalue weighted by Crippen LogP contribution is -2.37. The third-order valence-electron chi connectivity index (χ3n) is 4.13. The highest BCUT2D eigenvalue weighted by Gasteiger charge is 2.30. The van der Waals surface area contributed by atoms with Gasteiger partial charge in [-0.15, -0.1) is 10.1 Å². The number of rotatable bonds is 1. The number of ether oxygens (including phenoxy) is 1. The van der Waals surface area contributed by atoms with Crippen molar-refractivity contribution in [1.82, 2.24) is 0 Å². The zero-order valence-corrected chi connectivity index (χ0v) is 11.4. The Morgan fingerprint density at radius 2 is 1.58 bits per heavy atom. The molecule has 1 aliphatic carbocycles. The van der Waals surface area contributed by atoms with Crippen LogP contribution in [0.1, 0.15) is 51.4 Å². The van der Waals surface area contributed by atoms with E-state index in [2.05, 4.69) is 0 Å². The minimum atomic E-state index is -1.50. The fourth-order valence-electron chi connectivity index (χ4n) is 3.21. The molecule has 1 saturated carbocycles. The van der Waals surface area contributed by atoms with E-state index < -0.39 is 5.09 Å². The van der Waals surface area contributed by atoms with E-state index in [9.17, 15) is 5.11 Å². The molecule has 2 rings (SSSR count). The van der Waals surface area contributed by atoms with Gasteiger partial charge in [-0.25, -0.2) is 0 Å². The standard InChI is InChI=1S/C13H24O2.HNO3/c14-13-10-15-9-8-12(13)11-6-4-2-1-3-5-7-11;2-1(3)4/h11-14H,1-10H2;(H,2,3,4). The van der Waals surface area contributed by atoms with Gasteiger partial charge in [-0.05, 0) is 18.3 Å². The van der Waals surface area contributed by atoms with E-state index in [0.717, 1.165) is 18.9 Å². The van der Waals surface area contributed by atoms with Crippen LogP contribution in [-0.4, -0.2) is 34.7 Å². The summed E-state index contributed by atoms with van der Waals surface area (Å²) in [5, 5.41) is 23.6. The van der Waals surface area contributed by atoms with Crippen molar-refractivity contribution in [2.24, 2.45) is 11.8 Å². The number of aliphatic hydroxyl groups is 1. The molecule has 0 aromatic carbocycles. The van der Waals surface area contributed by atoms with Crippen LogP contribution in [0.3, 0.4) is 0 Å². The van der Waals surface area contributed by atoms with Crippen molar-refractivity contribution in [3.05, 3.63) is 10.1 Å². The molecule has 2 atom stereocenters. The highest BCUT2D eigenvalue weighted by atomic mass is 16.9. The fraction of sp³-hybridized carbons (Fsp3) is 1.00. The molecule has 6 nitrogen and oxygen atoms in total. The van der Waals surface area contributed by atoms with Crippen LogP contribution in [-0.2, 0) is 4.74 Å². The second-order valence-corrected chi connectivity index (χ2v) is 5.44. The van der Waals surface area contributed by atoms with Gasteiger partial charge in [-0.1, -0.05) is 44.9 Å². The highest BCUT2D eigenvalue weighted by Crippen LogP contribution is 2.33. The van der Waals surface area contributed by atoms with Crippen molar-refractivity contribution in [3.8, 4) is 0 Å². The minimum Gasteiger partial charge on any atom is -0.390 e. The summed E-state index contributed by atoms with van der Waals surface area (Å²) in [6.45, 7) is 1.43. The Balaban J connectivity index is 0.000000399. The van der Waals surface area contributed by atoms with Crippen LogP contribution < -0.4 is 0 Å². The summed E-state index contributed by atoms with van der Waals surface area (Å²) in [7, 11) is 0. The predicted molar refractivity (Wildman–Crippen MR) is 69.5 cm³/mol. The molecule has 6 heteroatoms. The molecular weight excluding hydrogens is 250 g/mol. The molecule has 2 unspecified atom stereocenters. The maximum atomic E-state index is 9.96. The van der Waals surface area contributed by atoms with E-state index in [1.807, 2.05) is 0 Å². The van der Waals surface area contributed by atoms with Crippen molar-refractivity contribution in [2.45, 2.75) is 57.5 Å². The quantitative estimate of drug-likeness (QED) is 0.566. The van der Waals surface area contributed by atoms with Gasteiger partial charge in [0.05, 0.1) is 12.7 Å². The third-order valence-corrected chi connectivity index (χ3v) is 4.13. The van der Waals surface area contributed by atoms with Crippen LogP contribution in [0.5, 0.6) is 0 Å². The topological polar surface area (TPSA) is 92.8 Å². The normalized spacial score (nSPS) is 29.5. The average Bonchev–Trinajstić information content (AvgIpc) is 2.29. The molecule has 0 aromatic rings. The maximum Gasteiger partial charge on any atom is 0.291 e. The molecule has 0 radical (unpaired) electrons. The van der Waals surface area contributed by atoms with Gasteiger partial charge in [0.1, 0.15) is 0 Å². The molecule has 2 aliphatic rings. The Morgan fingerprint density at radius 3 is 2.11 bits per heavy atom. The van der Waals surface area contributed by atoms with Gasteiger partial charge in [0, 0.05) is 6.61 Å². The molecule has 1 aliphatic heterocycles. The average molecular weight is 275 g/mol. The Kier molecular flexibility index (Phi) is 7.74. The van der Waals surface area contributed by atoms with Gasteiger partial charge in [0.15, 0.2) is 0 Å². The summed E-state index contributed by atoms with van der Waals surface area (Å²) >= 11 is 0. The van der Waals surface area contributed by atoms with Crippen LogP contribution in [0.15, 0.2) is 0 Å².